The van der Waals surface area contributed by atoms with Gasteiger partial charge in [0.15, 0.2) is 0 Å². The fourth-order valence-corrected chi connectivity index (χ4v) is 6.42. The molecule has 0 heterocycles. The minimum absolute atomic E-state index is 0.0858. The molecule has 0 bridgehead atoms. The highest BCUT2D eigenvalue weighted by atomic mass is 32.2. The Morgan fingerprint density at radius 1 is 0.902 bits per heavy atom. The second-order valence-electron chi connectivity index (χ2n) is 9.14. The molecule has 0 fully saturated rings. The third-order valence-corrected chi connectivity index (χ3v) is 9.10. The first kappa shape index (κ1) is 28.2. The second kappa shape index (κ2) is 12.4. The molecule has 0 aliphatic carbocycles. The highest BCUT2D eigenvalue weighted by Crippen LogP contribution is 2.28. The molecule has 0 atom stereocenters. The number of hydrogen-bond acceptors (Lipinski definition) is 6. The van der Waals surface area contributed by atoms with Crippen LogP contribution in [0.2, 0.25) is 0 Å². The summed E-state index contributed by atoms with van der Waals surface area (Å²) in [5, 5.41) is 8.34. The maximum Gasteiger partial charge on any atom is 0.264 e. The van der Waals surface area contributed by atoms with Gasteiger partial charge in [-0.15, -0.1) is 11.8 Å². The van der Waals surface area contributed by atoms with Crippen molar-refractivity contribution in [2.45, 2.75) is 16.7 Å². The van der Waals surface area contributed by atoms with Gasteiger partial charge in [0.25, 0.3) is 15.9 Å². The van der Waals surface area contributed by atoms with Gasteiger partial charge in [-0.05, 0) is 89.3 Å². The zero-order chi connectivity index (χ0) is 28.8. The molecule has 9 heteroatoms. The van der Waals surface area contributed by atoms with E-state index >= 15 is 0 Å². The Morgan fingerprint density at radius 3 is 2.10 bits per heavy atom. The molecule has 0 aromatic heterocycles. The molecular formula is C32H29N3O4S2. The molecule has 0 radical (unpaired) electrons. The molecule has 0 aliphatic rings. The quantitative estimate of drug-likeness (QED) is 0.0883. The van der Waals surface area contributed by atoms with Crippen LogP contribution >= 0.6 is 11.8 Å². The van der Waals surface area contributed by atoms with Crippen LogP contribution in [0.3, 0.4) is 0 Å². The van der Waals surface area contributed by atoms with Crippen molar-refractivity contribution in [3.05, 3.63) is 109 Å². The molecule has 0 saturated heterocycles. The molecule has 7 nitrogen and oxygen atoms in total. The van der Waals surface area contributed by atoms with Crippen LogP contribution in [-0.2, 0) is 14.8 Å². The van der Waals surface area contributed by atoms with Gasteiger partial charge in [-0.1, -0.05) is 48.5 Å². The lowest BCUT2D eigenvalue weighted by atomic mass is 9.97. The van der Waals surface area contributed by atoms with E-state index in [0.29, 0.717) is 18.0 Å². The van der Waals surface area contributed by atoms with Gasteiger partial charge in [0, 0.05) is 10.5 Å². The number of rotatable bonds is 10. The number of hydrogen-bond donors (Lipinski definition) is 1. The summed E-state index contributed by atoms with van der Waals surface area (Å²) in [6.45, 7) is 1.89. The Kier molecular flexibility index (Phi) is 8.56. The number of nitrogens with zero attached hydrogens (tertiary/aromatic N) is 2. The minimum atomic E-state index is -4.06. The lowest BCUT2D eigenvalue weighted by Crippen LogP contribution is -2.39. The molecule has 41 heavy (non-hydrogen) atoms. The van der Waals surface area contributed by atoms with Crippen LogP contribution in [0.1, 0.15) is 12.5 Å². The van der Waals surface area contributed by atoms with Crippen molar-refractivity contribution in [1.82, 2.24) is 5.43 Å². The van der Waals surface area contributed by atoms with Gasteiger partial charge in [-0.3, -0.25) is 9.10 Å². The van der Waals surface area contributed by atoms with E-state index in [2.05, 4.69) is 16.6 Å². The first-order valence-electron chi connectivity index (χ1n) is 13.0. The summed E-state index contributed by atoms with van der Waals surface area (Å²) in [7, 11) is -4.06. The Balaban J connectivity index is 1.43. The maximum atomic E-state index is 13.7. The molecule has 0 spiro atoms. The van der Waals surface area contributed by atoms with E-state index in [1.807, 2.05) is 61.7 Å². The molecular weight excluding hydrogens is 555 g/mol. The summed E-state index contributed by atoms with van der Waals surface area (Å²) in [5.41, 5.74) is 3.73. The van der Waals surface area contributed by atoms with Crippen LogP contribution in [-0.4, -0.2) is 39.9 Å². The van der Waals surface area contributed by atoms with E-state index in [4.69, 9.17) is 4.74 Å². The predicted molar refractivity (Wildman–Crippen MR) is 168 cm³/mol. The molecule has 5 rings (SSSR count). The van der Waals surface area contributed by atoms with Crippen molar-refractivity contribution in [1.29, 1.82) is 0 Å². The normalized spacial score (nSPS) is 11.7. The number of ether oxygens (including phenoxy) is 1. The topological polar surface area (TPSA) is 88.1 Å². The molecule has 0 saturated carbocycles. The molecule has 1 N–H and O–H groups in total. The first-order chi connectivity index (χ1) is 19.9. The third-order valence-electron chi connectivity index (χ3n) is 6.57. The highest BCUT2D eigenvalue weighted by Gasteiger charge is 2.27. The molecule has 1 amide bonds. The fraction of sp³-hybridized carbons (Fsp3) is 0.125. The van der Waals surface area contributed by atoms with Crippen molar-refractivity contribution in [2.75, 3.05) is 23.7 Å². The van der Waals surface area contributed by atoms with Gasteiger partial charge in [-0.2, -0.15) is 5.10 Å². The second-order valence-corrected chi connectivity index (χ2v) is 11.9. The Labute approximate surface area is 243 Å². The number of thioether (sulfide) groups is 1. The van der Waals surface area contributed by atoms with Crippen LogP contribution in [0, 0.1) is 0 Å². The van der Waals surface area contributed by atoms with Crippen LogP contribution in [0.5, 0.6) is 5.75 Å². The van der Waals surface area contributed by atoms with E-state index in [1.54, 1.807) is 54.7 Å². The molecule has 208 valence electrons. The third kappa shape index (κ3) is 6.21. The summed E-state index contributed by atoms with van der Waals surface area (Å²) < 4.78 is 34.1. The van der Waals surface area contributed by atoms with Crippen molar-refractivity contribution in [3.8, 4) is 5.75 Å². The van der Waals surface area contributed by atoms with Crippen molar-refractivity contribution in [3.63, 3.8) is 0 Å². The van der Waals surface area contributed by atoms with E-state index in [9.17, 15) is 13.2 Å². The average Bonchev–Trinajstić information content (AvgIpc) is 3.00. The molecule has 5 aromatic rings. The zero-order valence-corrected chi connectivity index (χ0v) is 24.3. The van der Waals surface area contributed by atoms with E-state index in [-0.39, 0.29) is 4.90 Å². The van der Waals surface area contributed by atoms with Gasteiger partial charge in [0.1, 0.15) is 12.3 Å². The van der Waals surface area contributed by atoms with Crippen LogP contribution < -0.4 is 14.5 Å². The van der Waals surface area contributed by atoms with Crippen LogP contribution in [0.15, 0.2) is 118 Å². The highest BCUT2D eigenvalue weighted by molar-refractivity contribution is 7.98. The predicted octanol–water partition coefficient (Wildman–Crippen LogP) is 6.46. The number of fused-ring (bicyclic) bond motifs is 2. The van der Waals surface area contributed by atoms with E-state index in [1.165, 1.54) is 11.8 Å². The summed E-state index contributed by atoms with van der Waals surface area (Å²) >= 11 is 1.52. The standard InChI is InChI=1S/C32H29N3O4S2/c1-3-39-26-14-12-25(13-15-26)35(41(37,38)28-18-16-27(40-2)17-19-28)22-32(36)34-33-21-31-29-10-6-4-8-23(29)20-24-9-5-7-11-30(24)31/h4-21H,3,22H2,1-2H3,(H,34,36)/b33-21+. The lowest BCUT2D eigenvalue weighted by molar-refractivity contribution is -0.119. The number of amides is 1. The summed E-state index contributed by atoms with van der Waals surface area (Å²) in [6, 6.07) is 31.2. The SMILES string of the molecule is CCOc1ccc(N(CC(=O)N/N=C/c2c3ccccc3cc3ccccc23)S(=O)(=O)c2ccc(SC)cc2)cc1. The van der Waals surface area contributed by atoms with Crippen molar-refractivity contribution >= 4 is 61.1 Å². The number of nitrogens with one attached hydrogen (secondary N) is 1. The van der Waals surface area contributed by atoms with Crippen molar-refractivity contribution < 1.29 is 17.9 Å². The Hall–Kier alpha value is -4.34. The van der Waals surface area contributed by atoms with Gasteiger partial charge in [0.2, 0.25) is 0 Å². The number of sulfonamides is 1. The zero-order valence-electron chi connectivity index (χ0n) is 22.7. The smallest absolute Gasteiger partial charge is 0.264 e. The fourth-order valence-electron chi connectivity index (χ4n) is 4.59. The Bertz CT molecular complexity index is 1770. The number of hydrazone groups is 1. The summed E-state index contributed by atoms with van der Waals surface area (Å²) in [6.07, 6.45) is 3.53. The van der Waals surface area contributed by atoms with Gasteiger partial charge in [0.05, 0.1) is 23.4 Å². The minimum Gasteiger partial charge on any atom is -0.494 e. The van der Waals surface area contributed by atoms with E-state index < -0.39 is 22.5 Å². The number of carbonyl (C=O) groups excluding carboxylic acids is 1. The largest absolute Gasteiger partial charge is 0.494 e. The first-order valence-corrected chi connectivity index (χ1v) is 15.7. The average molecular weight is 584 g/mol. The summed E-state index contributed by atoms with van der Waals surface area (Å²) in [4.78, 5) is 14.2. The van der Waals surface area contributed by atoms with Gasteiger partial charge in [-0.25, -0.2) is 13.8 Å². The molecule has 0 unspecified atom stereocenters. The lowest BCUT2D eigenvalue weighted by Gasteiger charge is -2.24. The van der Waals surface area contributed by atoms with E-state index in [0.717, 1.165) is 36.3 Å². The van der Waals surface area contributed by atoms with Gasteiger partial charge >= 0.3 is 0 Å². The monoisotopic (exact) mass is 583 g/mol. The number of carbonyl (C=O) groups is 1. The maximum absolute atomic E-state index is 13.7. The summed E-state index contributed by atoms with van der Waals surface area (Å²) in [5.74, 6) is 0.0262. The molecule has 0 aliphatic heterocycles. The molecule has 5 aromatic carbocycles. The van der Waals surface area contributed by atoms with Crippen LogP contribution in [0.25, 0.3) is 21.5 Å². The Morgan fingerprint density at radius 2 is 1.51 bits per heavy atom. The number of benzene rings is 5. The number of anilines is 1. The van der Waals surface area contributed by atoms with Gasteiger partial charge < -0.3 is 4.74 Å². The van der Waals surface area contributed by atoms with Crippen molar-refractivity contribution in [2.24, 2.45) is 5.10 Å². The van der Waals surface area contributed by atoms with Crippen LogP contribution in [0.4, 0.5) is 5.69 Å².